The fourth-order valence-corrected chi connectivity index (χ4v) is 2.57. The third-order valence-electron chi connectivity index (χ3n) is 3.67. The number of hydrogen-bond donors (Lipinski definition) is 1. The molecule has 0 fully saturated rings. The number of nitrogens with one attached hydrogen (secondary N) is 1. The molecule has 0 saturated carbocycles. The van der Waals surface area contributed by atoms with Crippen LogP contribution < -0.4 is 5.32 Å². The fourth-order valence-electron chi connectivity index (χ4n) is 2.31. The van der Waals surface area contributed by atoms with Gasteiger partial charge in [0.25, 0.3) is 0 Å². The molecule has 2 rings (SSSR count). The first-order chi connectivity index (χ1) is 10.0. The standard InChI is InChI=1S/C18H21ClFN/c1-4-9-21-13(3)14-5-7-15(8-6-14)16-10-12(2)18(20)11-17(16)19/h5-8,10-11,13,21H,4,9H2,1-3H3. The van der Waals surface area contributed by atoms with E-state index in [2.05, 4.69) is 31.3 Å². The maximum absolute atomic E-state index is 13.5. The highest BCUT2D eigenvalue weighted by molar-refractivity contribution is 6.33. The van der Waals surface area contributed by atoms with Crippen LogP contribution in [0.4, 0.5) is 4.39 Å². The molecule has 2 aromatic carbocycles. The Bertz CT molecular complexity index is 607. The summed E-state index contributed by atoms with van der Waals surface area (Å²) in [6.07, 6.45) is 1.12. The molecule has 1 nitrogen and oxygen atoms in total. The lowest BCUT2D eigenvalue weighted by Gasteiger charge is -2.14. The second-order valence-corrected chi connectivity index (χ2v) is 5.79. The third kappa shape index (κ3) is 3.84. The Kier molecular flexibility index (Phi) is 5.38. The largest absolute Gasteiger partial charge is 0.310 e. The van der Waals surface area contributed by atoms with Crippen LogP contribution in [-0.4, -0.2) is 6.54 Å². The average Bonchev–Trinajstić information content (AvgIpc) is 2.48. The molecule has 0 aliphatic heterocycles. The van der Waals surface area contributed by atoms with E-state index in [0.29, 0.717) is 16.6 Å². The normalized spacial score (nSPS) is 12.4. The van der Waals surface area contributed by atoms with Crippen LogP contribution in [0.5, 0.6) is 0 Å². The van der Waals surface area contributed by atoms with E-state index in [1.807, 2.05) is 12.1 Å². The average molecular weight is 306 g/mol. The molecule has 2 aromatic rings. The minimum absolute atomic E-state index is 0.266. The minimum Gasteiger partial charge on any atom is -0.310 e. The Labute approximate surface area is 131 Å². The van der Waals surface area contributed by atoms with Gasteiger partial charge in [-0.2, -0.15) is 0 Å². The Morgan fingerprint density at radius 2 is 1.86 bits per heavy atom. The van der Waals surface area contributed by atoms with Crippen molar-refractivity contribution in [2.45, 2.75) is 33.2 Å². The topological polar surface area (TPSA) is 12.0 Å². The lowest BCUT2D eigenvalue weighted by molar-refractivity contribution is 0.571. The number of benzene rings is 2. The third-order valence-corrected chi connectivity index (χ3v) is 3.98. The highest BCUT2D eigenvalue weighted by Gasteiger charge is 2.09. The van der Waals surface area contributed by atoms with Crippen LogP contribution in [0.25, 0.3) is 11.1 Å². The van der Waals surface area contributed by atoms with Crippen LogP contribution in [-0.2, 0) is 0 Å². The summed E-state index contributed by atoms with van der Waals surface area (Å²) < 4.78 is 13.5. The molecule has 1 atom stereocenters. The molecule has 0 saturated heterocycles. The molecule has 1 N–H and O–H groups in total. The summed E-state index contributed by atoms with van der Waals surface area (Å²) >= 11 is 6.15. The molecule has 3 heteroatoms. The molecule has 0 spiro atoms. The molecular weight excluding hydrogens is 285 g/mol. The van der Waals surface area contributed by atoms with Crippen molar-refractivity contribution >= 4 is 11.6 Å². The van der Waals surface area contributed by atoms with Crippen LogP contribution in [0.2, 0.25) is 5.02 Å². The quantitative estimate of drug-likeness (QED) is 0.767. The van der Waals surface area contributed by atoms with E-state index in [-0.39, 0.29) is 5.82 Å². The van der Waals surface area contributed by atoms with Gasteiger partial charge in [-0.1, -0.05) is 42.8 Å². The summed E-state index contributed by atoms with van der Waals surface area (Å²) in [6, 6.07) is 11.8. The Morgan fingerprint density at radius 3 is 2.48 bits per heavy atom. The second-order valence-electron chi connectivity index (χ2n) is 5.38. The first-order valence-corrected chi connectivity index (χ1v) is 7.70. The van der Waals surface area contributed by atoms with Crippen molar-refractivity contribution < 1.29 is 4.39 Å². The SMILES string of the molecule is CCCNC(C)c1ccc(-c2cc(C)c(F)cc2Cl)cc1. The second kappa shape index (κ2) is 7.06. The molecule has 0 aliphatic rings. The number of aryl methyl sites for hydroxylation is 1. The predicted molar refractivity (Wildman–Crippen MR) is 88.3 cm³/mol. The smallest absolute Gasteiger partial charge is 0.127 e. The summed E-state index contributed by atoms with van der Waals surface area (Å²) in [7, 11) is 0. The molecule has 1 unspecified atom stereocenters. The van der Waals surface area contributed by atoms with Gasteiger partial charge in [-0.05, 0) is 55.6 Å². The molecule has 21 heavy (non-hydrogen) atoms. The maximum atomic E-state index is 13.5. The lowest BCUT2D eigenvalue weighted by atomic mass is 10.00. The Morgan fingerprint density at radius 1 is 1.19 bits per heavy atom. The van der Waals surface area contributed by atoms with Gasteiger partial charge in [-0.3, -0.25) is 0 Å². The molecule has 112 valence electrons. The monoisotopic (exact) mass is 305 g/mol. The van der Waals surface area contributed by atoms with Gasteiger partial charge in [0.2, 0.25) is 0 Å². The first kappa shape index (κ1) is 16.0. The van der Waals surface area contributed by atoms with Crippen molar-refractivity contribution in [2.24, 2.45) is 0 Å². The van der Waals surface area contributed by atoms with Crippen LogP contribution in [0, 0.1) is 12.7 Å². The molecule has 0 amide bonds. The minimum atomic E-state index is -0.266. The zero-order valence-corrected chi connectivity index (χ0v) is 13.5. The molecule has 0 heterocycles. The zero-order valence-electron chi connectivity index (χ0n) is 12.7. The van der Waals surface area contributed by atoms with Crippen molar-refractivity contribution in [1.82, 2.24) is 5.32 Å². The van der Waals surface area contributed by atoms with Gasteiger partial charge in [-0.15, -0.1) is 0 Å². The highest BCUT2D eigenvalue weighted by atomic mass is 35.5. The van der Waals surface area contributed by atoms with Crippen molar-refractivity contribution in [3.05, 3.63) is 58.4 Å². The summed E-state index contributed by atoms with van der Waals surface area (Å²) in [5.41, 5.74) is 3.73. The molecule has 0 bridgehead atoms. The van der Waals surface area contributed by atoms with Gasteiger partial charge in [0.1, 0.15) is 5.82 Å². The predicted octanol–water partition coefficient (Wildman–Crippen LogP) is 5.52. The van der Waals surface area contributed by atoms with Crippen molar-refractivity contribution in [3.63, 3.8) is 0 Å². The van der Waals surface area contributed by atoms with Crippen LogP contribution in [0.3, 0.4) is 0 Å². The van der Waals surface area contributed by atoms with E-state index >= 15 is 0 Å². The fraction of sp³-hybridized carbons (Fsp3) is 0.333. The molecule has 0 radical (unpaired) electrons. The molecular formula is C18H21ClFN. The molecule has 0 aromatic heterocycles. The van der Waals surface area contributed by atoms with Crippen molar-refractivity contribution in [3.8, 4) is 11.1 Å². The van der Waals surface area contributed by atoms with E-state index in [4.69, 9.17) is 11.6 Å². The van der Waals surface area contributed by atoms with Crippen molar-refractivity contribution in [1.29, 1.82) is 0 Å². The van der Waals surface area contributed by atoms with Crippen LogP contribution >= 0.6 is 11.6 Å². The van der Waals surface area contributed by atoms with Gasteiger partial charge in [0.05, 0.1) is 5.02 Å². The summed E-state index contributed by atoms with van der Waals surface area (Å²) in [4.78, 5) is 0. The van der Waals surface area contributed by atoms with Gasteiger partial charge in [0, 0.05) is 11.6 Å². The highest BCUT2D eigenvalue weighted by Crippen LogP contribution is 2.31. The van der Waals surface area contributed by atoms with Gasteiger partial charge in [-0.25, -0.2) is 4.39 Å². The first-order valence-electron chi connectivity index (χ1n) is 7.32. The summed E-state index contributed by atoms with van der Waals surface area (Å²) in [5.74, 6) is -0.266. The van der Waals surface area contributed by atoms with Crippen LogP contribution in [0.15, 0.2) is 36.4 Å². The van der Waals surface area contributed by atoms with E-state index in [1.165, 1.54) is 11.6 Å². The van der Waals surface area contributed by atoms with E-state index in [1.54, 1.807) is 13.0 Å². The maximum Gasteiger partial charge on any atom is 0.127 e. The van der Waals surface area contributed by atoms with E-state index in [9.17, 15) is 4.39 Å². The Hall–Kier alpha value is -1.38. The zero-order chi connectivity index (χ0) is 15.4. The van der Waals surface area contributed by atoms with E-state index in [0.717, 1.165) is 24.1 Å². The Balaban J connectivity index is 2.25. The number of halogens is 2. The number of hydrogen-bond acceptors (Lipinski definition) is 1. The van der Waals surface area contributed by atoms with Gasteiger partial charge >= 0.3 is 0 Å². The van der Waals surface area contributed by atoms with Gasteiger partial charge < -0.3 is 5.32 Å². The number of rotatable bonds is 5. The summed E-state index contributed by atoms with van der Waals surface area (Å²) in [5, 5.41) is 3.91. The van der Waals surface area contributed by atoms with E-state index < -0.39 is 0 Å². The van der Waals surface area contributed by atoms with Gasteiger partial charge in [0.15, 0.2) is 0 Å². The van der Waals surface area contributed by atoms with Crippen LogP contribution in [0.1, 0.15) is 37.4 Å². The summed E-state index contributed by atoms with van der Waals surface area (Å²) in [6.45, 7) is 7.06. The molecule has 0 aliphatic carbocycles. The lowest BCUT2D eigenvalue weighted by Crippen LogP contribution is -2.19. The van der Waals surface area contributed by atoms with Crippen molar-refractivity contribution in [2.75, 3.05) is 6.54 Å².